The van der Waals surface area contributed by atoms with Crippen LogP contribution in [0.5, 0.6) is 0 Å². The van der Waals surface area contributed by atoms with Gasteiger partial charge in [0, 0.05) is 44.8 Å². The molecule has 9 heteroatoms. The summed E-state index contributed by atoms with van der Waals surface area (Å²) >= 11 is 0. The molecule has 2 aliphatic rings. The maximum Gasteiger partial charge on any atom is 0.373 e. The van der Waals surface area contributed by atoms with Crippen LogP contribution in [0, 0.1) is 11.7 Å². The summed E-state index contributed by atoms with van der Waals surface area (Å²) in [5.74, 6) is -0.566. The maximum atomic E-state index is 13.2. The smallest absolute Gasteiger partial charge is 0.373 e. The molecule has 0 bridgehead atoms. The van der Waals surface area contributed by atoms with Gasteiger partial charge in [0.25, 0.3) is 0 Å². The number of esters is 1. The van der Waals surface area contributed by atoms with Crippen molar-refractivity contribution in [3.05, 3.63) is 53.7 Å². The number of carbonyl (C=O) groups excluding carboxylic acids is 3. The fourth-order valence-electron chi connectivity index (χ4n) is 4.24. The summed E-state index contributed by atoms with van der Waals surface area (Å²) in [4.78, 5) is 42.7. The van der Waals surface area contributed by atoms with E-state index in [4.69, 9.17) is 4.42 Å². The van der Waals surface area contributed by atoms with Crippen LogP contribution in [0.15, 0.2) is 40.8 Å². The topological polar surface area (TPSA) is 83.3 Å². The number of carbonyl (C=O) groups is 3. The van der Waals surface area contributed by atoms with Gasteiger partial charge in [-0.3, -0.25) is 14.5 Å². The van der Waals surface area contributed by atoms with Crippen LogP contribution in [0.4, 0.5) is 10.1 Å². The average molecular weight is 443 g/mol. The van der Waals surface area contributed by atoms with Crippen LogP contribution in [0.25, 0.3) is 0 Å². The van der Waals surface area contributed by atoms with Crippen LogP contribution in [0.2, 0.25) is 0 Å². The number of ether oxygens (including phenoxy) is 1. The summed E-state index contributed by atoms with van der Waals surface area (Å²) < 4.78 is 23.4. The van der Waals surface area contributed by atoms with E-state index in [-0.39, 0.29) is 29.8 Å². The zero-order valence-corrected chi connectivity index (χ0v) is 18.0. The van der Waals surface area contributed by atoms with Gasteiger partial charge in [0.2, 0.25) is 17.6 Å². The molecule has 0 spiro atoms. The van der Waals surface area contributed by atoms with E-state index >= 15 is 0 Å². The van der Waals surface area contributed by atoms with Gasteiger partial charge >= 0.3 is 5.97 Å². The normalized spacial score (nSPS) is 19.8. The average Bonchev–Trinajstić information content (AvgIpc) is 3.34. The van der Waals surface area contributed by atoms with Crippen LogP contribution < -0.4 is 4.90 Å². The first kappa shape index (κ1) is 22.0. The number of furan rings is 1. The molecule has 2 aromatic rings. The van der Waals surface area contributed by atoms with Crippen molar-refractivity contribution in [2.24, 2.45) is 5.92 Å². The van der Waals surface area contributed by atoms with Crippen LogP contribution in [-0.2, 0) is 20.9 Å². The number of rotatable bonds is 5. The van der Waals surface area contributed by atoms with Crippen molar-refractivity contribution in [1.82, 2.24) is 9.80 Å². The van der Waals surface area contributed by atoms with E-state index in [1.54, 1.807) is 29.2 Å². The van der Waals surface area contributed by atoms with E-state index in [0.717, 1.165) is 13.0 Å². The Kier molecular flexibility index (Phi) is 6.55. The van der Waals surface area contributed by atoms with Gasteiger partial charge in [0.05, 0.1) is 19.6 Å². The highest BCUT2D eigenvalue weighted by Crippen LogP contribution is 2.27. The van der Waals surface area contributed by atoms with Crippen LogP contribution in [-0.4, -0.2) is 67.4 Å². The number of hydrogen-bond donors (Lipinski definition) is 0. The summed E-state index contributed by atoms with van der Waals surface area (Å²) in [6.07, 6.45) is 0.970. The van der Waals surface area contributed by atoms with Crippen LogP contribution in [0.3, 0.4) is 0 Å². The second kappa shape index (κ2) is 9.52. The van der Waals surface area contributed by atoms with Gasteiger partial charge in [-0.05, 0) is 42.8 Å². The predicted octanol–water partition coefficient (Wildman–Crippen LogP) is 2.29. The van der Waals surface area contributed by atoms with E-state index in [2.05, 4.69) is 9.64 Å². The lowest BCUT2D eigenvalue weighted by atomic mass is 10.1. The molecule has 0 radical (unpaired) electrons. The molecular formula is C23H26FN3O5. The van der Waals surface area contributed by atoms with Crippen LogP contribution >= 0.6 is 0 Å². The first-order valence-electron chi connectivity index (χ1n) is 10.7. The lowest BCUT2D eigenvalue weighted by Crippen LogP contribution is -2.39. The fourth-order valence-corrected chi connectivity index (χ4v) is 4.24. The van der Waals surface area contributed by atoms with Gasteiger partial charge in [0.1, 0.15) is 11.6 Å². The molecule has 4 rings (SSSR count). The number of halogens is 1. The van der Waals surface area contributed by atoms with Gasteiger partial charge in [-0.25, -0.2) is 9.18 Å². The van der Waals surface area contributed by atoms with Crippen molar-refractivity contribution >= 4 is 23.5 Å². The molecule has 3 heterocycles. The lowest BCUT2D eigenvalue weighted by Gasteiger charge is -2.24. The molecule has 0 saturated carbocycles. The van der Waals surface area contributed by atoms with Crippen molar-refractivity contribution in [3.63, 3.8) is 0 Å². The lowest BCUT2D eigenvalue weighted by molar-refractivity contribution is -0.135. The molecule has 2 aliphatic heterocycles. The van der Waals surface area contributed by atoms with E-state index in [0.29, 0.717) is 44.2 Å². The zero-order valence-electron chi connectivity index (χ0n) is 18.0. The molecule has 2 saturated heterocycles. The Balaban J connectivity index is 1.32. The molecule has 1 atom stereocenters. The van der Waals surface area contributed by atoms with Crippen molar-refractivity contribution in [1.29, 1.82) is 0 Å². The number of amides is 2. The largest absolute Gasteiger partial charge is 0.463 e. The minimum absolute atomic E-state index is 0.0178. The summed E-state index contributed by atoms with van der Waals surface area (Å²) in [5, 5.41) is 0. The summed E-state index contributed by atoms with van der Waals surface area (Å²) in [6.45, 7) is 3.50. The molecule has 32 heavy (non-hydrogen) atoms. The molecule has 1 aromatic carbocycles. The minimum Gasteiger partial charge on any atom is -0.463 e. The van der Waals surface area contributed by atoms with E-state index < -0.39 is 11.9 Å². The second-order valence-electron chi connectivity index (χ2n) is 8.09. The highest BCUT2D eigenvalue weighted by molar-refractivity contribution is 6.00. The SMILES string of the molecule is COC(=O)c1ccc(CN2CCCN(C(=O)C3CC(=O)N(c4ccc(F)cc4)C3)CC2)o1. The molecule has 170 valence electrons. The first-order chi connectivity index (χ1) is 15.4. The van der Waals surface area contributed by atoms with Gasteiger partial charge < -0.3 is 19.0 Å². The summed E-state index contributed by atoms with van der Waals surface area (Å²) in [5.41, 5.74) is 0.610. The van der Waals surface area contributed by atoms with Gasteiger partial charge in [-0.1, -0.05) is 0 Å². The van der Waals surface area contributed by atoms with Crippen molar-refractivity contribution in [3.8, 4) is 0 Å². The molecule has 0 aliphatic carbocycles. The Labute approximate surface area is 185 Å². The fraction of sp³-hybridized carbons (Fsp3) is 0.435. The third kappa shape index (κ3) is 4.83. The van der Waals surface area contributed by atoms with Crippen molar-refractivity contribution < 1.29 is 27.9 Å². The highest BCUT2D eigenvalue weighted by Gasteiger charge is 2.37. The molecule has 8 nitrogen and oxygen atoms in total. The van der Waals surface area contributed by atoms with Crippen LogP contribution in [0.1, 0.15) is 29.2 Å². The predicted molar refractivity (Wildman–Crippen MR) is 113 cm³/mol. The number of hydrogen-bond acceptors (Lipinski definition) is 6. The number of benzene rings is 1. The Morgan fingerprint density at radius 1 is 1.09 bits per heavy atom. The highest BCUT2D eigenvalue weighted by atomic mass is 19.1. The zero-order chi connectivity index (χ0) is 22.7. The molecule has 1 aromatic heterocycles. The minimum atomic E-state index is -0.510. The first-order valence-corrected chi connectivity index (χ1v) is 10.7. The third-order valence-corrected chi connectivity index (χ3v) is 5.94. The monoisotopic (exact) mass is 443 g/mol. The van der Waals surface area contributed by atoms with Gasteiger partial charge in [-0.2, -0.15) is 0 Å². The Morgan fingerprint density at radius 2 is 1.88 bits per heavy atom. The quantitative estimate of drug-likeness (QED) is 0.660. The molecule has 2 fully saturated rings. The van der Waals surface area contributed by atoms with Crippen molar-refractivity contribution in [2.45, 2.75) is 19.4 Å². The second-order valence-corrected chi connectivity index (χ2v) is 8.09. The molecule has 1 unspecified atom stereocenters. The summed E-state index contributed by atoms with van der Waals surface area (Å²) in [7, 11) is 1.31. The molecule has 0 N–H and O–H groups in total. The van der Waals surface area contributed by atoms with Crippen molar-refractivity contribution in [2.75, 3.05) is 44.7 Å². The van der Waals surface area contributed by atoms with Gasteiger partial charge in [-0.15, -0.1) is 0 Å². The van der Waals surface area contributed by atoms with Gasteiger partial charge in [0.15, 0.2) is 0 Å². The van der Waals surface area contributed by atoms with E-state index in [9.17, 15) is 18.8 Å². The standard InChI is InChI=1S/C23H26FN3O5/c1-31-23(30)20-8-7-19(32-20)15-25-9-2-10-26(12-11-25)22(29)16-13-21(28)27(14-16)18-5-3-17(24)4-6-18/h3-8,16H,2,9-15H2,1H3. The van der Waals surface area contributed by atoms with E-state index in [1.807, 2.05) is 4.90 Å². The summed E-state index contributed by atoms with van der Waals surface area (Å²) in [6, 6.07) is 9.10. The Morgan fingerprint density at radius 3 is 2.62 bits per heavy atom. The van der Waals surface area contributed by atoms with E-state index in [1.165, 1.54) is 19.2 Å². The third-order valence-electron chi connectivity index (χ3n) is 5.94. The molecule has 2 amide bonds. The maximum absolute atomic E-state index is 13.2. The Bertz CT molecular complexity index is 990. The molecular weight excluding hydrogens is 417 g/mol. The number of nitrogens with zero attached hydrogens (tertiary/aromatic N) is 3. The Hall–Kier alpha value is -3.20. The number of methoxy groups -OCH3 is 1. The number of anilines is 1.